The van der Waals surface area contributed by atoms with Gasteiger partial charge >= 0.3 is 0 Å². The molecule has 2 rings (SSSR count). The molecule has 0 aliphatic heterocycles. The highest BCUT2D eigenvalue weighted by molar-refractivity contribution is 5.29. The van der Waals surface area contributed by atoms with E-state index in [1.807, 2.05) is 30.3 Å². The molecule has 2 atom stereocenters. The molecule has 18 heavy (non-hydrogen) atoms. The van der Waals surface area contributed by atoms with Crippen molar-refractivity contribution >= 4 is 0 Å². The van der Waals surface area contributed by atoms with Gasteiger partial charge in [-0.15, -0.1) is 0 Å². The van der Waals surface area contributed by atoms with Crippen molar-refractivity contribution in [3.8, 4) is 5.75 Å². The van der Waals surface area contributed by atoms with Gasteiger partial charge < -0.3 is 10.4 Å². The van der Waals surface area contributed by atoms with Gasteiger partial charge in [0, 0.05) is 12.1 Å². The Kier molecular flexibility index (Phi) is 4.00. The van der Waals surface area contributed by atoms with E-state index in [4.69, 9.17) is 0 Å². The molecular formula is C16H19NO. The summed E-state index contributed by atoms with van der Waals surface area (Å²) in [6.45, 7) is 4.25. The van der Waals surface area contributed by atoms with E-state index in [2.05, 4.69) is 31.3 Å². The zero-order valence-electron chi connectivity index (χ0n) is 10.8. The van der Waals surface area contributed by atoms with E-state index in [9.17, 15) is 5.11 Å². The number of hydrogen-bond donors (Lipinski definition) is 2. The van der Waals surface area contributed by atoms with E-state index in [0.29, 0.717) is 5.75 Å². The summed E-state index contributed by atoms with van der Waals surface area (Å²) in [4.78, 5) is 0. The molecule has 2 aromatic carbocycles. The minimum absolute atomic E-state index is 0.201. The maximum Gasteiger partial charge on any atom is 0.115 e. The predicted octanol–water partition coefficient (Wildman–Crippen LogP) is 3.80. The van der Waals surface area contributed by atoms with Crippen molar-refractivity contribution in [1.82, 2.24) is 5.32 Å². The summed E-state index contributed by atoms with van der Waals surface area (Å²) in [6.07, 6.45) is 0. The zero-order valence-corrected chi connectivity index (χ0v) is 10.8. The highest BCUT2D eigenvalue weighted by Gasteiger charge is 2.10. The third-order valence-electron chi connectivity index (χ3n) is 3.17. The number of rotatable bonds is 4. The smallest absolute Gasteiger partial charge is 0.115 e. The maximum absolute atomic E-state index is 9.49. The van der Waals surface area contributed by atoms with Crippen molar-refractivity contribution in [3.63, 3.8) is 0 Å². The quantitative estimate of drug-likeness (QED) is 0.853. The Morgan fingerprint density at radius 2 is 1.44 bits per heavy atom. The largest absolute Gasteiger partial charge is 0.508 e. The maximum atomic E-state index is 9.49. The minimum atomic E-state index is 0.201. The molecule has 94 valence electrons. The van der Waals surface area contributed by atoms with Gasteiger partial charge in [0.2, 0.25) is 0 Å². The Balaban J connectivity index is 2.05. The van der Waals surface area contributed by atoms with Crippen LogP contribution >= 0.6 is 0 Å². The lowest BCUT2D eigenvalue weighted by molar-refractivity contribution is 0.466. The zero-order chi connectivity index (χ0) is 13.0. The van der Waals surface area contributed by atoms with Gasteiger partial charge in [-0.25, -0.2) is 0 Å². The second kappa shape index (κ2) is 5.69. The molecule has 0 saturated carbocycles. The van der Waals surface area contributed by atoms with Crippen molar-refractivity contribution < 1.29 is 5.11 Å². The second-order valence-corrected chi connectivity index (χ2v) is 4.62. The number of nitrogens with one attached hydrogen (secondary N) is 1. The lowest BCUT2D eigenvalue weighted by Gasteiger charge is -2.20. The second-order valence-electron chi connectivity index (χ2n) is 4.62. The van der Waals surface area contributed by atoms with Crippen LogP contribution in [0.15, 0.2) is 54.6 Å². The Morgan fingerprint density at radius 1 is 0.833 bits per heavy atom. The number of benzene rings is 2. The van der Waals surface area contributed by atoms with Crippen LogP contribution in [0.4, 0.5) is 0 Å². The first-order chi connectivity index (χ1) is 8.66. The first-order valence-corrected chi connectivity index (χ1v) is 6.27. The van der Waals surface area contributed by atoms with Gasteiger partial charge in [0.25, 0.3) is 0 Å². The molecule has 0 saturated heterocycles. The summed E-state index contributed by atoms with van der Waals surface area (Å²) in [7, 11) is 0. The van der Waals surface area contributed by atoms with Crippen molar-refractivity contribution in [2.24, 2.45) is 0 Å². The predicted molar refractivity (Wildman–Crippen MR) is 74.5 cm³/mol. The molecule has 2 nitrogen and oxygen atoms in total. The summed E-state index contributed by atoms with van der Waals surface area (Å²) < 4.78 is 0. The molecule has 0 aliphatic carbocycles. The lowest BCUT2D eigenvalue weighted by atomic mass is 10.0. The summed E-state index contributed by atoms with van der Waals surface area (Å²) in [5.74, 6) is 0.313. The van der Waals surface area contributed by atoms with Crippen LogP contribution in [0.3, 0.4) is 0 Å². The molecular weight excluding hydrogens is 222 g/mol. The molecule has 2 N–H and O–H groups in total. The van der Waals surface area contributed by atoms with Crippen LogP contribution < -0.4 is 5.32 Å². The molecule has 0 heterocycles. The summed E-state index contributed by atoms with van der Waals surface area (Å²) >= 11 is 0. The third kappa shape index (κ3) is 3.11. The van der Waals surface area contributed by atoms with E-state index in [1.165, 1.54) is 5.56 Å². The first kappa shape index (κ1) is 12.7. The fourth-order valence-corrected chi connectivity index (χ4v) is 2.10. The van der Waals surface area contributed by atoms with E-state index < -0.39 is 0 Å². The van der Waals surface area contributed by atoms with Gasteiger partial charge in [-0.2, -0.15) is 0 Å². The first-order valence-electron chi connectivity index (χ1n) is 6.27. The molecule has 0 amide bonds. The average Bonchev–Trinajstić information content (AvgIpc) is 2.39. The van der Waals surface area contributed by atoms with E-state index >= 15 is 0 Å². The van der Waals surface area contributed by atoms with Gasteiger partial charge in [-0.3, -0.25) is 0 Å². The highest BCUT2D eigenvalue weighted by atomic mass is 16.3. The van der Waals surface area contributed by atoms with Gasteiger partial charge in [-0.1, -0.05) is 42.5 Å². The minimum Gasteiger partial charge on any atom is -0.508 e. The lowest BCUT2D eigenvalue weighted by Crippen LogP contribution is -2.22. The van der Waals surface area contributed by atoms with Crippen molar-refractivity contribution in [2.45, 2.75) is 25.9 Å². The van der Waals surface area contributed by atoms with Crippen LogP contribution in [0.1, 0.15) is 37.1 Å². The number of hydrogen-bond acceptors (Lipinski definition) is 2. The SMILES string of the molecule is CC(NC(C)c1cccc(O)c1)c1ccccc1. The molecule has 2 heteroatoms. The average molecular weight is 241 g/mol. The van der Waals surface area contributed by atoms with Crippen LogP contribution in [0.5, 0.6) is 5.75 Å². The van der Waals surface area contributed by atoms with Crippen LogP contribution in [0, 0.1) is 0 Å². The van der Waals surface area contributed by atoms with Gasteiger partial charge in [0.15, 0.2) is 0 Å². The monoisotopic (exact) mass is 241 g/mol. The molecule has 0 fully saturated rings. The van der Waals surface area contributed by atoms with Crippen LogP contribution in [0.2, 0.25) is 0 Å². The molecule has 0 aromatic heterocycles. The van der Waals surface area contributed by atoms with Gasteiger partial charge in [0.05, 0.1) is 0 Å². The van der Waals surface area contributed by atoms with Gasteiger partial charge in [-0.05, 0) is 37.1 Å². The molecule has 0 bridgehead atoms. The summed E-state index contributed by atoms with van der Waals surface area (Å²) in [5.41, 5.74) is 2.36. The molecule has 0 spiro atoms. The van der Waals surface area contributed by atoms with E-state index in [0.717, 1.165) is 5.56 Å². The van der Waals surface area contributed by atoms with E-state index in [-0.39, 0.29) is 12.1 Å². The van der Waals surface area contributed by atoms with Crippen LogP contribution in [-0.4, -0.2) is 5.11 Å². The Morgan fingerprint density at radius 3 is 2.11 bits per heavy atom. The number of phenolic OH excluding ortho intramolecular Hbond substituents is 1. The summed E-state index contributed by atoms with van der Waals surface area (Å²) in [5, 5.41) is 13.0. The fourth-order valence-electron chi connectivity index (χ4n) is 2.10. The van der Waals surface area contributed by atoms with Crippen molar-refractivity contribution in [1.29, 1.82) is 0 Å². The van der Waals surface area contributed by atoms with Crippen LogP contribution in [0.25, 0.3) is 0 Å². The molecule has 0 aliphatic rings. The third-order valence-corrected chi connectivity index (χ3v) is 3.17. The van der Waals surface area contributed by atoms with E-state index in [1.54, 1.807) is 12.1 Å². The van der Waals surface area contributed by atoms with Crippen molar-refractivity contribution in [3.05, 3.63) is 65.7 Å². The fraction of sp³-hybridized carbons (Fsp3) is 0.250. The highest BCUT2D eigenvalue weighted by Crippen LogP contribution is 2.21. The number of phenols is 1. The Bertz CT molecular complexity index is 495. The standard InChI is InChI=1S/C16H19NO/c1-12(14-7-4-3-5-8-14)17-13(2)15-9-6-10-16(18)11-15/h3-13,17-18H,1-2H3. The van der Waals surface area contributed by atoms with Crippen molar-refractivity contribution in [2.75, 3.05) is 0 Å². The Hall–Kier alpha value is -1.80. The topological polar surface area (TPSA) is 32.3 Å². The molecule has 2 aromatic rings. The Labute approximate surface area is 108 Å². The number of aromatic hydroxyl groups is 1. The normalized spacial score (nSPS) is 14.1. The molecule has 0 radical (unpaired) electrons. The molecule has 2 unspecified atom stereocenters. The van der Waals surface area contributed by atoms with Crippen LogP contribution in [-0.2, 0) is 0 Å². The summed E-state index contributed by atoms with van der Waals surface area (Å²) in [6, 6.07) is 18.2. The van der Waals surface area contributed by atoms with Gasteiger partial charge in [0.1, 0.15) is 5.75 Å².